The summed E-state index contributed by atoms with van der Waals surface area (Å²) in [6.07, 6.45) is -0.839. The Morgan fingerprint density at radius 1 is 0.736 bits per heavy atom. The molecule has 3 aromatic carbocycles. The summed E-state index contributed by atoms with van der Waals surface area (Å²) in [6, 6.07) is 26.6. The highest BCUT2D eigenvalue weighted by molar-refractivity contribution is 6.26. The fraction of sp³-hybridized carbons (Fsp3) is 0.341. The van der Waals surface area contributed by atoms with Crippen molar-refractivity contribution in [3.05, 3.63) is 108 Å². The molecule has 12 nitrogen and oxygen atoms in total. The summed E-state index contributed by atoms with van der Waals surface area (Å²) >= 11 is 0. The monoisotopic (exact) mass is 712 g/mol. The number of methoxy groups -OCH3 is 1. The Kier molecular flexibility index (Phi) is 7.60. The molecule has 0 aromatic heterocycles. The first-order chi connectivity index (χ1) is 25.7. The van der Waals surface area contributed by atoms with Gasteiger partial charge in [-0.15, -0.1) is 0 Å². The number of rotatable bonds is 7. The van der Waals surface area contributed by atoms with Crippen molar-refractivity contribution in [2.75, 3.05) is 30.1 Å². The molecule has 0 N–H and O–H groups in total. The van der Waals surface area contributed by atoms with Gasteiger partial charge in [-0.25, -0.2) is 9.69 Å². The molecule has 0 spiro atoms. The zero-order chi connectivity index (χ0) is 36.8. The van der Waals surface area contributed by atoms with Gasteiger partial charge in [-0.2, -0.15) is 0 Å². The molecule has 4 heterocycles. The van der Waals surface area contributed by atoms with Crippen LogP contribution in [0, 0.1) is 41.4 Å². The number of ether oxygens (including phenoxy) is 2. The summed E-state index contributed by atoms with van der Waals surface area (Å²) < 4.78 is 11.2. The van der Waals surface area contributed by atoms with E-state index in [1.807, 2.05) is 30.3 Å². The summed E-state index contributed by atoms with van der Waals surface area (Å²) in [7, 11) is 1.52. The molecule has 268 valence electrons. The lowest BCUT2D eigenvalue weighted by atomic mass is 9.49. The lowest BCUT2D eigenvalue weighted by Gasteiger charge is -2.56. The summed E-state index contributed by atoms with van der Waals surface area (Å²) in [6.45, 7) is 2.03. The van der Waals surface area contributed by atoms with E-state index in [4.69, 9.17) is 14.5 Å². The summed E-state index contributed by atoms with van der Waals surface area (Å²) in [5.74, 6) is -8.78. The maximum Gasteiger partial charge on any atom is 0.424 e. The molecule has 1 saturated carbocycles. The molecule has 4 aliphatic heterocycles. The van der Waals surface area contributed by atoms with Gasteiger partial charge < -0.3 is 9.47 Å². The first-order valence-corrected chi connectivity index (χ1v) is 17.9. The second-order valence-electron chi connectivity index (χ2n) is 14.6. The van der Waals surface area contributed by atoms with E-state index in [2.05, 4.69) is 0 Å². The Balaban J connectivity index is 1.31. The molecule has 53 heavy (non-hydrogen) atoms. The fourth-order valence-corrected chi connectivity index (χ4v) is 10.3. The number of nitrogens with zero attached hydrogens (tertiary/aromatic N) is 4. The Bertz CT molecular complexity index is 2150. The van der Waals surface area contributed by atoms with Crippen molar-refractivity contribution >= 4 is 52.9 Å². The number of imide groups is 3. The van der Waals surface area contributed by atoms with Crippen LogP contribution in [0.2, 0.25) is 0 Å². The number of carbonyl (C=O) groups excluding carboxylic acids is 6. The Morgan fingerprint density at radius 3 is 1.92 bits per heavy atom. The topological polar surface area (TPSA) is 143 Å². The number of hydrogen-bond donors (Lipinski definition) is 0. The highest BCUT2D eigenvalue weighted by atomic mass is 16.6. The minimum atomic E-state index is -1.66. The number of benzene rings is 3. The van der Waals surface area contributed by atoms with Crippen molar-refractivity contribution < 1.29 is 38.2 Å². The third kappa shape index (κ3) is 4.48. The highest BCUT2D eigenvalue weighted by Gasteiger charge is 2.75. The summed E-state index contributed by atoms with van der Waals surface area (Å²) in [5.41, 5.74) is 0.667. The zero-order valence-corrected chi connectivity index (χ0v) is 29.1. The van der Waals surface area contributed by atoms with Crippen molar-refractivity contribution in [1.29, 1.82) is 0 Å². The Hall–Kier alpha value is -5.75. The first-order valence-electron chi connectivity index (χ1n) is 17.9. The lowest BCUT2D eigenvalue weighted by molar-refractivity contribution is -0.139. The normalized spacial score (nSPS) is 32.3. The number of hydrogen-bond acceptors (Lipinski definition) is 9. The molecule has 6 amide bonds. The van der Waals surface area contributed by atoms with Crippen LogP contribution in [0.25, 0.3) is 0 Å². The van der Waals surface area contributed by atoms with E-state index >= 15 is 4.79 Å². The molecule has 3 saturated heterocycles. The van der Waals surface area contributed by atoms with Gasteiger partial charge in [0, 0.05) is 25.0 Å². The maximum atomic E-state index is 15.1. The smallest absolute Gasteiger partial charge is 0.393 e. The molecular weight excluding hydrogens is 676 g/mol. The molecule has 8 atom stereocenters. The molecule has 0 bridgehead atoms. The van der Waals surface area contributed by atoms with Crippen LogP contribution < -0.4 is 9.80 Å². The minimum absolute atomic E-state index is 0.0345. The number of aliphatic imine (C=N–C) groups is 1. The second kappa shape index (κ2) is 12.2. The molecule has 12 heteroatoms. The van der Waals surface area contributed by atoms with Gasteiger partial charge in [-0.05, 0) is 48.1 Å². The predicted molar refractivity (Wildman–Crippen MR) is 190 cm³/mol. The highest BCUT2D eigenvalue weighted by Crippen LogP contribution is 2.64. The van der Waals surface area contributed by atoms with Crippen LogP contribution in [0.1, 0.15) is 18.9 Å². The molecule has 6 aliphatic rings. The van der Waals surface area contributed by atoms with E-state index < -0.39 is 82.6 Å². The number of para-hydroxylation sites is 2. The van der Waals surface area contributed by atoms with Gasteiger partial charge in [-0.3, -0.25) is 38.8 Å². The average Bonchev–Trinajstić information content (AvgIpc) is 3.70. The molecule has 4 fully saturated rings. The maximum absolute atomic E-state index is 15.1. The SMILES string of the molecule is COCCN=C1OC(=O)N2C(=O)C3=C4[C@@H](C[C@H]5C(=O)N(c6ccccc6)C(=O)[C@H]5[C@H]4[C@@]12Cc1ccccc1)[C@H]1C(=O)N(c2ccccc2)C(=O)[C@H]1[C@H]3C. The largest absolute Gasteiger partial charge is 0.424 e. The van der Waals surface area contributed by atoms with Gasteiger partial charge in [-0.1, -0.05) is 79.2 Å². The molecule has 9 rings (SSSR count). The van der Waals surface area contributed by atoms with Gasteiger partial charge in [0.1, 0.15) is 5.54 Å². The van der Waals surface area contributed by atoms with Crippen LogP contribution in [0.4, 0.5) is 16.2 Å². The lowest BCUT2D eigenvalue weighted by Crippen LogP contribution is -2.68. The standard InChI is InChI=1S/C41H36N4O8/c1-22-28-30-26(31-29(22)35(47)44(36(31)48)25-16-10-5-11-17-25)20-27-32(37(49)43(34(27)46)24-14-8-4-9-15-24)33(30)41(21-23-12-6-3-7-13-23)39(42-18-19-52-2)53-40(51)45(41)38(28)50/h3-17,22,26-27,29,31-33H,18-21H2,1-2H3/t22-,26+,27+,29-,31+,32+,33-,41-/m0/s1. The predicted octanol–water partition coefficient (Wildman–Crippen LogP) is 4.20. The summed E-state index contributed by atoms with van der Waals surface area (Å²) in [5, 5.41) is 0. The molecule has 0 radical (unpaired) electrons. The van der Waals surface area contributed by atoms with E-state index in [1.165, 1.54) is 16.9 Å². The minimum Gasteiger partial charge on any atom is -0.393 e. The van der Waals surface area contributed by atoms with E-state index in [1.54, 1.807) is 67.6 Å². The zero-order valence-electron chi connectivity index (χ0n) is 29.1. The summed E-state index contributed by atoms with van der Waals surface area (Å²) in [4.78, 5) is 96.2. The van der Waals surface area contributed by atoms with Crippen LogP contribution in [0.15, 0.2) is 107 Å². The quantitative estimate of drug-likeness (QED) is 0.262. The van der Waals surface area contributed by atoms with E-state index in [0.29, 0.717) is 16.9 Å². The third-order valence-corrected chi connectivity index (χ3v) is 12.2. The Labute approximate surface area is 305 Å². The van der Waals surface area contributed by atoms with Gasteiger partial charge >= 0.3 is 6.09 Å². The first kappa shape index (κ1) is 33.1. The number of carbonyl (C=O) groups is 6. The van der Waals surface area contributed by atoms with Crippen molar-refractivity contribution in [3.63, 3.8) is 0 Å². The third-order valence-electron chi connectivity index (χ3n) is 12.2. The van der Waals surface area contributed by atoms with E-state index in [-0.39, 0.29) is 37.5 Å². The van der Waals surface area contributed by atoms with Gasteiger partial charge in [0.15, 0.2) is 0 Å². The molecule has 2 aliphatic carbocycles. The number of cyclic esters (lactones) is 1. The van der Waals surface area contributed by atoms with Crippen LogP contribution >= 0.6 is 0 Å². The van der Waals surface area contributed by atoms with Crippen LogP contribution in [-0.4, -0.2) is 72.2 Å². The van der Waals surface area contributed by atoms with Crippen molar-refractivity contribution in [2.24, 2.45) is 46.4 Å². The number of anilines is 2. The van der Waals surface area contributed by atoms with Gasteiger partial charge in [0.25, 0.3) is 5.91 Å². The Morgan fingerprint density at radius 2 is 1.30 bits per heavy atom. The van der Waals surface area contributed by atoms with E-state index in [0.717, 1.165) is 10.5 Å². The van der Waals surface area contributed by atoms with Crippen molar-refractivity contribution in [2.45, 2.75) is 25.3 Å². The number of fused-ring (bicyclic) bond motifs is 6. The molecular formula is C41H36N4O8. The second-order valence-corrected chi connectivity index (χ2v) is 14.6. The van der Waals surface area contributed by atoms with Crippen LogP contribution in [-0.2, 0) is 39.9 Å². The van der Waals surface area contributed by atoms with Gasteiger partial charge in [0.05, 0.1) is 48.2 Å². The molecule has 0 unspecified atom stereocenters. The molecule has 3 aromatic rings. The van der Waals surface area contributed by atoms with Gasteiger partial charge in [0.2, 0.25) is 29.5 Å². The van der Waals surface area contributed by atoms with Crippen molar-refractivity contribution in [3.8, 4) is 0 Å². The average molecular weight is 713 g/mol. The van der Waals surface area contributed by atoms with Crippen LogP contribution in [0.3, 0.4) is 0 Å². The number of amides is 6. The fourth-order valence-electron chi connectivity index (χ4n) is 10.3. The van der Waals surface area contributed by atoms with Crippen LogP contribution in [0.5, 0.6) is 0 Å². The van der Waals surface area contributed by atoms with Crippen molar-refractivity contribution in [1.82, 2.24) is 4.90 Å². The van der Waals surface area contributed by atoms with E-state index in [9.17, 15) is 24.0 Å².